The number of rotatable bonds is 4. The minimum absolute atomic E-state index is 0.0136. The lowest BCUT2D eigenvalue weighted by molar-refractivity contribution is -0.123. The number of nitrogens with zero attached hydrogens (tertiary/aromatic N) is 1. The van der Waals surface area contributed by atoms with Gasteiger partial charge in [-0.3, -0.25) is 4.79 Å². The topological polar surface area (TPSA) is 92.3 Å². The third-order valence-electron chi connectivity index (χ3n) is 3.61. The molecule has 0 unspecified atom stereocenters. The van der Waals surface area contributed by atoms with E-state index in [2.05, 4.69) is 5.32 Å². The first-order valence-electron chi connectivity index (χ1n) is 7.67. The molecule has 0 saturated carbocycles. The van der Waals surface area contributed by atoms with Crippen LogP contribution in [0.2, 0.25) is 5.02 Å². The zero-order valence-electron chi connectivity index (χ0n) is 13.7. The van der Waals surface area contributed by atoms with Crippen molar-refractivity contribution in [1.29, 1.82) is 5.26 Å². The number of anilines is 1. The molecule has 0 aliphatic carbocycles. The normalized spacial score (nSPS) is 11.6. The van der Waals surface area contributed by atoms with E-state index in [1.807, 2.05) is 6.07 Å². The Hall–Kier alpha value is -3.30. The fourth-order valence-electron chi connectivity index (χ4n) is 2.26. The Morgan fingerprint density at radius 2 is 1.92 bits per heavy atom. The summed E-state index contributed by atoms with van der Waals surface area (Å²) in [7, 11) is 0. The Labute approximate surface area is 153 Å². The van der Waals surface area contributed by atoms with Gasteiger partial charge in [0, 0.05) is 16.1 Å². The van der Waals surface area contributed by atoms with Gasteiger partial charge in [-0.05, 0) is 55.5 Å². The van der Waals surface area contributed by atoms with E-state index in [1.54, 1.807) is 42.5 Å². The average Bonchev–Trinajstić information content (AvgIpc) is 3.05. The molecule has 7 heteroatoms. The lowest BCUT2D eigenvalue weighted by atomic mass is 10.2. The van der Waals surface area contributed by atoms with Crippen molar-refractivity contribution in [2.45, 2.75) is 13.0 Å². The standard InChI is InChI=1S/C19H13ClN2O4/c1-11(18(23)22-15-5-2-12(10-21)3-6-15)25-19(24)17-9-13-8-14(20)4-7-16(13)26-17/h2-9,11H,1H3,(H,22,23)/t11-/m0/s1. The fourth-order valence-corrected chi connectivity index (χ4v) is 2.44. The summed E-state index contributed by atoms with van der Waals surface area (Å²) in [5.41, 5.74) is 1.47. The number of carbonyl (C=O) groups excluding carboxylic acids is 2. The monoisotopic (exact) mass is 368 g/mol. The minimum atomic E-state index is -1.03. The van der Waals surface area contributed by atoms with Crippen LogP contribution in [0.3, 0.4) is 0 Å². The van der Waals surface area contributed by atoms with Gasteiger partial charge in [-0.1, -0.05) is 11.6 Å². The number of hydrogen-bond donors (Lipinski definition) is 1. The number of halogens is 1. The molecule has 3 rings (SSSR count). The quantitative estimate of drug-likeness (QED) is 0.698. The second kappa shape index (κ2) is 7.30. The first-order valence-corrected chi connectivity index (χ1v) is 8.05. The number of ether oxygens (including phenoxy) is 1. The van der Waals surface area contributed by atoms with Gasteiger partial charge in [0.2, 0.25) is 5.76 Å². The van der Waals surface area contributed by atoms with Crippen molar-refractivity contribution in [2.24, 2.45) is 0 Å². The predicted octanol–water partition coefficient (Wildman–Crippen LogP) is 4.14. The van der Waals surface area contributed by atoms with Gasteiger partial charge in [0.05, 0.1) is 11.6 Å². The van der Waals surface area contributed by atoms with E-state index < -0.39 is 18.0 Å². The molecule has 0 aliphatic rings. The van der Waals surface area contributed by atoms with Crippen LogP contribution in [-0.4, -0.2) is 18.0 Å². The van der Waals surface area contributed by atoms with Gasteiger partial charge in [0.25, 0.3) is 5.91 Å². The Bertz CT molecular complexity index is 1020. The zero-order valence-corrected chi connectivity index (χ0v) is 14.4. The summed E-state index contributed by atoms with van der Waals surface area (Å²) in [6.07, 6.45) is -1.03. The van der Waals surface area contributed by atoms with E-state index in [0.29, 0.717) is 27.2 Å². The molecule has 0 bridgehead atoms. The van der Waals surface area contributed by atoms with Crippen LogP contribution >= 0.6 is 11.6 Å². The highest BCUT2D eigenvalue weighted by molar-refractivity contribution is 6.31. The molecule has 1 heterocycles. The summed E-state index contributed by atoms with van der Waals surface area (Å²) in [5.74, 6) is -1.26. The van der Waals surface area contributed by atoms with Crippen LogP contribution in [0.5, 0.6) is 0 Å². The van der Waals surface area contributed by atoms with E-state index in [1.165, 1.54) is 13.0 Å². The van der Waals surface area contributed by atoms with Gasteiger partial charge in [-0.15, -0.1) is 0 Å². The van der Waals surface area contributed by atoms with Crippen LogP contribution in [0.1, 0.15) is 23.0 Å². The molecule has 6 nitrogen and oxygen atoms in total. The Kier molecular flexibility index (Phi) is 4.92. The number of amides is 1. The third-order valence-corrected chi connectivity index (χ3v) is 3.85. The SMILES string of the molecule is C[C@H](OC(=O)c1cc2cc(Cl)ccc2o1)C(=O)Nc1ccc(C#N)cc1. The van der Waals surface area contributed by atoms with Gasteiger partial charge in [-0.2, -0.15) is 5.26 Å². The molecular weight excluding hydrogens is 356 g/mol. The predicted molar refractivity (Wildman–Crippen MR) is 95.9 cm³/mol. The fraction of sp³-hybridized carbons (Fsp3) is 0.105. The van der Waals surface area contributed by atoms with E-state index in [4.69, 9.17) is 26.0 Å². The molecule has 0 fully saturated rings. The number of nitrogens with one attached hydrogen (secondary N) is 1. The zero-order chi connectivity index (χ0) is 18.7. The molecule has 26 heavy (non-hydrogen) atoms. The number of nitriles is 1. The Morgan fingerprint density at radius 1 is 1.19 bits per heavy atom. The minimum Gasteiger partial charge on any atom is -0.449 e. The summed E-state index contributed by atoms with van der Waals surface area (Å²) in [5, 5.41) is 12.6. The first kappa shape index (κ1) is 17.5. The van der Waals surface area contributed by atoms with Gasteiger partial charge < -0.3 is 14.5 Å². The molecular formula is C19H13ClN2O4. The number of furan rings is 1. The van der Waals surface area contributed by atoms with Crippen LogP contribution in [0.25, 0.3) is 11.0 Å². The maximum atomic E-state index is 12.2. The Balaban J connectivity index is 1.65. The van der Waals surface area contributed by atoms with Crippen molar-refractivity contribution in [1.82, 2.24) is 0 Å². The highest BCUT2D eigenvalue weighted by Crippen LogP contribution is 2.23. The second-order valence-electron chi connectivity index (χ2n) is 5.52. The molecule has 1 atom stereocenters. The number of fused-ring (bicyclic) bond motifs is 1. The lowest BCUT2D eigenvalue weighted by Crippen LogP contribution is -2.29. The Morgan fingerprint density at radius 3 is 2.62 bits per heavy atom. The van der Waals surface area contributed by atoms with Crippen molar-refractivity contribution in [3.8, 4) is 6.07 Å². The van der Waals surface area contributed by atoms with Crippen molar-refractivity contribution < 1.29 is 18.7 Å². The molecule has 1 amide bonds. The van der Waals surface area contributed by atoms with Gasteiger partial charge >= 0.3 is 5.97 Å². The largest absolute Gasteiger partial charge is 0.449 e. The number of esters is 1. The van der Waals surface area contributed by atoms with Crippen LogP contribution < -0.4 is 5.32 Å². The van der Waals surface area contributed by atoms with Crippen LogP contribution in [0.15, 0.2) is 52.9 Å². The third kappa shape index (κ3) is 3.85. The van der Waals surface area contributed by atoms with Crippen LogP contribution in [-0.2, 0) is 9.53 Å². The van der Waals surface area contributed by atoms with E-state index in [9.17, 15) is 9.59 Å². The molecule has 2 aromatic carbocycles. The summed E-state index contributed by atoms with van der Waals surface area (Å²) < 4.78 is 10.6. The number of carbonyl (C=O) groups is 2. The van der Waals surface area contributed by atoms with Gasteiger partial charge in [-0.25, -0.2) is 4.79 Å². The molecule has 130 valence electrons. The first-order chi connectivity index (χ1) is 12.5. The van der Waals surface area contributed by atoms with Crippen molar-refractivity contribution in [2.75, 3.05) is 5.32 Å². The molecule has 0 saturated heterocycles. The molecule has 1 N–H and O–H groups in total. The molecule has 0 spiro atoms. The summed E-state index contributed by atoms with van der Waals surface area (Å²) in [4.78, 5) is 24.3. The van der Waals surface area contributed by atoms with Crippen molar-refractivity contribution in [3.05, 3.63) is 64.9 Å². The maximum absolute atomic E-state index is 12.2. The highest BCUT2D eigenvalue weighted by Gasteiger charge is 2.21. The maximum Gasteiger partial charge on any atom is 0.375 e. The number of benzene rings is 2. The molecule has 3 aromatic rings. The van der Waals surface area contributed by atoms with Crippen molar-refractivity contribution >= 4 is 40.1 Å². The van der Waals surface area contributed by atoms with Crippen LogP contribution in [0.4, 0.5) is 5.69 Å². The molecule has 0 radical (unpaired) electrons. The summed E-state index contributed by atoms with van der Waals surface area (Å²) >= 11 is 5.90. The number of hydrogen-bond acceptors (Lipinski definition) is 5. The van der Waals surface area contributed by atoms with Gasteiger partial charge in [0.15, 0.2) is 6.10 Å². The molecule has 0 aliphatic heterocycles. The lowest BCUT2D eigenvalue weighted by Gasteiger charge is -2.12. The summed E-state index contributed by atoms with van der Waals surface area (Å²) in [6.45, 7) is 1.45. The second-order valence-corrected chi connectivity index (χ2v) is 5.96. The average molecular weight is 369 g/mol. The van der Waals surface area contributed by atoms with E-state index >= 15 is 0 Å². The van der Waals surface area contributed by atoms with Crippen molar-refractivity contribution in [3.63, 3.8) is 0 Å². The summed E-state index contributed by atoms with van der Waals surface area (Å²) in [6, 6.07) is 14.8. The molecule has 1 aromatic heterocycles. The van der Waals surface area contributed by atoms with E-state index in [0.717, 1.165) is 0 Å². The van der Waals surface area contributed by atoms with Crippen LogP contribution in [0, 0.1) is 11.3 Å². The highest BCUT2D eigenvalue weighted by atomic mass is 35.5. The van der Waals surface area contributed by atoms with E-state index in [-0.39, 0.29) is 5.76 Å². The van der Waals surface area contributed by atoms with Gasteiger partial charge in [0.1, 0.15) is 5.58 Å². The smallest absolute Gasteiger partial charge is 0.375 e.